The first-order valence-corrected chi connectivity index (χ1v) is 12.9. The first kappa shape index (κ1) is 24.9. The monoisotopic (exact) mass is 380 g/mol. The molecule has 1 unspecified atom stereocenters. The first-order valence-electron chi connectivity index (χ1n) is 9.33. The summed E-state index contributed by atoms with van der Waals surface area (Å²) in [5.41, 5.74) is 11.8. The van der Waals surface area contributed by atoms with Gasteiger partial charge < -0.3 is 35.2 Å². The van der Waals surface area contributed by atoms with Crippen LogP contribution in [0, 0.1) is 0 Å². The Morgan fingerprint density at radius 1 is 0.640 bits per heavy atom. The lowest BCUT2D eigenvalue weighted by Crippen LogP contribution is -2.45. The second kappa shape index (κ2) is 17.4. The smallest absolute Gasteiger partial charge is 0.0701 e. The largest absolute Gasteiger partial charge is 0.379 e. The van der Waals surface area contributed by atoms with E-state index in [-0.39, 0.29) is 0 Å². The molecule has 0 aromatic heterocycles. The molecule has 0 fully saturated rings. The van der Waals surface area contributed by atoms with Gasteiger partial charge in [0.15, 0.2) is 0 Å². The molecular weight excluding hydrogens is 340 g/mol. The number of rotatable bonds is 19. The Morgan fingerprint density at radius 2 is 1.00 bits per heavy atom. The number of nitrogens with two attached hydrogens (primary N) is 2. The Hall–Kier alpha value is -0.0631. The van der Waals surface area contributed by atoms with E-state index in [0.29, 0.717) is 78.3 Å². The number of ether oxygens (including phenoxy) is 5. The van der Waals surface area contributed by atoms with Gasteiger partial charge in [-0.3, -0.25) is 0 Å². The molecule has 0 amide bonds. The summed E-state index contributed by atoms with van der Waals surface area (Å²) >= 11 is 0. The summed E-state index contributed by atoms with van der Waals surface area (Å²) in [6, 6.07) is 0. The Morgan fingerprint density at radius 3 is 1.36 bits per heavy atom. The quantitative estimate of drug-likeness (QED) is 0.255. The van der Waals surface area contributed by atoms with E-state index in [2.05, 4.69) is 19.6 Å². The fourth-order valence-corrected chi connectivity index (χ4v) is 2.79. The minimum absolute atomic E-state index is 0.293. The van der Waals surface area contributed by atoms with Gasteiger partial charge >= 0.3 is 0 Å². The molecule has 0 aromatic carbocycles. The highest BCUT2D eigenvalue weighted by Gasteiger charge is 2.22. The van der Waals surface area contributed by atoms with Gasteiger partial charge in [-0.25, -0.2) is 0 Å². The molecule has 7 nitrogen and oxygen atoms in total. The third-order valence-electron chi connectivity index (χ3n) is 3.67. The maximum Gasteiger partial charge on any atom is 0.0701 e. The number of hydrogen-bond acceptors (Lipinski definition) is 7. The molecule has 0 heterocycles. The Bertz CT molecular complexity index is 280. The molecule has 0 rings (SSSR count). The van der Waals surface area contributed by atoms with Gasteiger partial charge in [-0.15, -0.1) is 0 Å². The molecule has 8 heteroatoms. The second-order valence-electron chi connectivity index (χ2n) is 6.97. The Kier molecular flexibility index (Phi) is 17.3. The molecule has 0 aliphatic rings. The highest BCUT2D eigenvalue weighted by Crippen LogP contribution is 2.08. The van der Waals surface area contributed by atoms with Gasteiger partial charge in [0.25, 0.3) is 0 Å². The summed E-state index contributed by atoms with van der Waals surface area (Å²) in [5.74, 6) is 0. The third kappa shape index (κ3) is 18.5. The van der Waals surface area contributed by atoms with Crippen LogP contribution in [0.3, 0.4) is 0 Å². The van der Waals surface area contributed by atoms with E-state index in [4.69, 9.17) is 35.2 Å². The summed E-state index contributed by atoms with van der Waals surface area (Å²) in [4.78, 5) is 0. The van der Waals surface area contributed by atoms with Crippen molar-refractivity contribution in [2.75, 3.05) is 72.6 Å². The van der Waals surface area contributed by atoms with Gasteiger partial charge in [-0.2, -0.15) is 0 Å². The van der Waals surface area contributed by atoms with Crippen LogP contribution in [-0.4, -0.2) is 86.4 Å². The average Bonchev–Trinajstić information content (AvgIpc) is 2.56. The zero-order chi connectivity index (χ0) is 18.8. The lowest BCUT2D eigenvalue weighted by Gasteiger charge is -2.24. The minimum atomic E-state index is -1.24. The van der Waals surface area contributed by atoms with Crippen LogP contribution in [0.15, 0.2) is 0 Å². The molecular formula is C17H40N2O5Si. The third-order valence-corrected chi connectivity index (χ3v) is 6.18. The molecule has 0 saturated heterocycles. The van der Waals surface area contributed by atoms with Gasteiger partial charge in [0.1, 0.15) is 0 Å². The fraction of sp³-hybridized carbons (Fsp3) is 1.00. The Balaban J connectivity index is 3.10. The summed E-state index contributed by atoms with van der Waals surface area (Å²) < 4.78 is 27.1. The van der Waals surface area contributed by atoms with Crippen LogP contribution < -0.4 is 11.5 Å². The van der Waals surface area contributed by atoms with Crippen molar-refractivity contribution in [1.82, 2.24) is 0 Å². The normalized spacial score (nSPS) is 13.3. The molecule has 0 aromatic rings. The molecule has 1 atom stereocenters. The molecule has 0 aliphatic heterocycles. The molecule has 0 radical (unpaired) electrons. The highest BCUT2D eigenvalue weighted by molar-refractivity contribution is 6.77. The zero-order valence-electron chi connectivity index (χ0n) is 16.5. The molecule has 152 valence electrons. The van der Waals surface area contributed by atoms with E-state index < -0.39 is 8.07 Å². The van der Waals surface area contributed by atoms with Crippen LogP contribution in [0.4, 0.5) is 0 Å². The maximum absolute atomic E-state index is 6.13. The van der Waals surface area contributed by atoms with Gasteiger partial charge in [0.05, 0.1) is 60.9 Å². The number of hydrogen-bond donors (Lipinski definition) is 2. The predicted molar refractivity (Wildman–Crippen MR) is 104 cm³/mol. The van der Waals surface area contributed by atoms with Crippen molar-refractivity contribution < 1.29 is 23.7 Å². The average molecular weight is 381 g/mol. The van der Waals surface area contributed by atoms with Crippen LogP contribution >= 0.6 is 0 Å². The molecule has 0 saturated carbocycles. The van der Waals surface area contributed by atoms with Crippen molar-refractivity contribution in [1.29, 1.82) is 0 Å². The van der Waals surface area contributed by atoms with Crippen molar-refractivity contribution in [2.24, 2.45) is 11.5 Å². The summed E-state index contributed by atoms with van der Waals surface area (Å²) in [7, 11) is -1.24. The second-order valence-corrected chi connectivity index (χ2v) is 12.4. The van der Waals surface area contributed by atoms with Crippen molar-refractivity contribution in [2.45, 2.75) is 38.1 Å². The van der Waals surface area contributed by atoms with Crippen molar-refractivity contribution in [3.63, 3.8) is 0 Å². The van der Waals surface area contributed by atoms with E-state index in [1.165, 1.54) is 0 Å². The summed E-state index contributed by atoms with van der Waals surface area (Å²) in [6.07, 6.45) is 1.82. The van der Waals surface area contributed by atoms with Crippen molar-refractivity contribution in [3.05, 3.63) is 0 Å². The molecule has 25 heavy (non-hydrogen) atoms. The van der Waals surface area contributed by atoms with E-state index in [0.717, 1.165) is 12.8 Å². The van der Waals surface area contributed by atoms with E-state index in [1.54, 1.807) is 0 Å². The maximum atomic E-state index is 6.13. The van der Waals surface area contributed by atoms with Crippen LogP contribution in [0.1, 0.15) is 12.8 Å². The van der Waals surface area contributed by atoms with Gasteiger partial charge in [0.2, 0.25) is 0 Å². The van der Waals surface area contributed by atoms with Gasteiger partial charge in [-0.1, -0.05) is 19.6 Å². The topological polar surface area (TPSA) is 98.2 Å². The standard InChI is InChI=1S/C17H40N2O5Si/c1-25(2,3)17(19)5-8-21-10-12-23-14-16-24-15-13-22-11-9-20-7-4-6-18/h17H,4-16,18-19H2,1-3H3. The predicted octanol–water partition coefficient (Wildman–Crippen LogP) is 1.01. The van der Waals surface area contributed by atoms with Crippen molar-refractivity contribution >= 4 is 8.07 Å². The fourth-order valence-electron chi connectivity index (χ4n) is 1.81. The first-order chi connectivity index (χ1) is 12.0. The van der Waals surface area contributed by atoms with E-state index >= 15 is 0 Å². The molecule has 0 bridgehead atoms. The van der Waals surface area contributed by atoms with Crippen LogP contribution in [0.5, 0.6) is 0 Å². The Labute approximate surface area is 154 Å². The van der Waals surface area contributed by atoms with E-state index in [1.807, 2.05) is 0 Å². The SMILES string of the molecule is C[Si](C)(C)C(N)CCOCCOCCOCCOCCOCCCN. The zero-order valence-corrected chi connectivity index (χ0v) is 17.5. The van der Waals surface area contributed by atoms with Crippen LogP contribution in [-0.2, 0) is 23.7 Å². The molecule has 0 spiro atoms. The lowest BCUT2D eigenvalue weighted by atomic mass is 10.4. The minimum Gasteiger partial charge on any atom is -0.379 e. The van der Waals surface area contributed by atoms with Gasteiger partial charge in [0, 0.05) is 13.2 Å². The van der Waals surface area contributed by atoms with Crippen LogP contribution in [0.2, 0.25) is 19.6 Å². The van der Waals surface area contributed by atoms with Gasteiger partial charge in [-0.05, 0) is 25.1 Å². The van der Waals surface area contributed by atoms with Crippen LogP contribution in [0.25, 0.3) is 0 Å². The van der Waals surface area contributed by atoms with E-state index in [9.17, 15) is 0 Å². The summed E-state index contributed by atoms with van der Waals surface area (Å²) in [6.45, 7) is 13.6. The highest BCUT2D eigenvalue weighted by atomic mass is 28.3. The molecule has 0 aliphatic carbocycles. The lowest BCUT2D eigenvalue weighted by molar-refractivity contribution is -0.0112. The van der Waals surface area contributed by atoms with Crippen molar-refractivity contribution in [3.8, 4) is 0 Å². The molecule has 4 N–H and O–H groups in total. The summed E-state index contributed by atoms with van der Waals surface area (Å²) in [5, 5.41) is 0.